The van der Waals surface area contributed by atoms with Crippen LogP contribution in [0.1, 0.15) is 26.5 Å². The molecule has 0 aliphatic rings. The quantitative estimate of drug-likeness (QED) is 0.666. The van der Waals surface area contributed by atoms with Crippen LogP contribution in [0.2, 0.25) is 0 Å². The van der Waals surface area contributed by atoms with Crippen LogP contribution in [0.5, 0.6) is 0 Å². The lowest BCUT2D eigenvalue weighted by atomic mass is 9.94. The van der Waals surface area contributed by atoms with Crippen LogP contribution < -0.4 is 0 Å². The van der Waals surface area contributed by atoms with E-state index in [1.165, 1.54) is 0 Å². The second kappa shape index (κ2) is 3.56. The Labute approximate surface area is 67.6 Å². The predicted molar refractivity (Wildman–Crippen MR) is 44.2 cm³/mol. The first-order valence-electron chi connectivity index (χ1n) is 4.09. The van der Waals surface area contributed by atoms with E-state index in [0.29, 0.717) is 11.8 Å². The van der Waals surface area contributed by atoms with Crippen LogP contribution in [0, 0.1) is 11.8 Å². The summed E-state index contributed by atoms with van der Waals surface area (Å²) in [5.41, 5.74) is 0. The van der Waals surface area contributed by atoms with Crippen LogP contribution in [-0.2, 0) is 6.42 Å². The van der Waals surface area contributed by atoms with Crippen LogP contribution in [0.15, 0.2) is 16.8 Å². The van der Waals surface area contributed by atoms with Gasteiger partial charge in [-0.25, -0.2) is 0 Å². The zero-order chi connectivity index (χ0) is 8.27. The normalized spacial score (nSPS) is 13.8. The van der Waals surface area contributed by atoms with E-state index >= 15 is 0 Å². The summed E-state index contributed by atoms with van der Waals surface area (Å²) in [6.07, 6.45) is 2.69. The van der Waals surface area contributed by atoms with E-state index in [9.17, 15) is 0 Å². The van der Waals surface area contributed by atoms with Gasteiger partial charge >= 0.3 is 0 Å². The van der Waals surface area contributed by atoms with Gasteiger partial charge in [-0.05, 0) is 11.8 Å². The first-order valence-corrected chi connectivity index (χ1v) is 4.09. The summed E-state index contributed by atoms with van der Waals surface area (Å²) in [7, 11) is 0. The van der Waals surface area contributed by atoms with Gasteiger partial charge in [0.2, 0.25) is 0 Å². The third-order valence-electron chi connectivity index (χ3n) is 2.15. The second-order valence-corrected chi connectivity index (χ2v) is 3.40. The summed E-state index contributed by atoms with van der Waals surface area (Å²) in [6.45, 7) is 6.68. The average molecular weight is 153 g/mol. The number of nitrogens with zero attached hydrogens (tertiary/aromatic N) is 1. The van der Waals surface area contributed by atoms with Crippen molar-refractivity contribution in [1.82, 2.24) is 5.16 Å². The van der Waals surface area contributed by atoms with E-state index in [4.69, 9.17) is 4.52 Å². The fourth-order valence-electron chi connectivity index (χ4n) is 0.900. The molecule has 1 heterocycles. The van der Waals surface area contributed by atoms with E-state index in [1.807, 2.05) is 6.07 Å². The molecule has 0 spiro atoms. The highest BCUT2D eigenvalue weighted by molar-refractivity contribution is 4.94. The van der Waals surface area contributed by atoms with E-state index in [-0.39, 0.29) is 0 Å². The molecular formula is C9H15NO. The standard InChI is InChI=1S/C9H15NO/c1-7(2)8(3)6-9-4-5-10-11-9/h4-5,7-8H,6H2,1-3H3. The molecule has 1 unspecified atom stereocenters. The number of rotatable bonds is 3. The molecule has 0 saturated heterocycles. The molecule has 1 rings (SSSR count). The maximum atomic E-state index is 5.00. The van der Waals surface area contributed by atoms with Crippen LogP contribution >= 0.6 is 0 Å². The van der Waals surface area contributed by atoms with Crippen molar-refractivity contribution in [1.29, 1.82) is 0 Å². The lowest BCUT2D eigenvalue weighted by molar-refractivity contribution is 0.333. The van der Waals surface area contributed by atoms with Crippen molar-refractivity contribution in [3.8, 4) is 0 Å². The SMILES string of the molecule is CC(C)C(C)Cc1ccno1. The third-order valence-corrected chi connectivity index (χ3v) is 2.15. The van der Waals surface area contributed by atoms with Gasteiger partial charge in [-0.2, -0.15) is 0 Å². The molecule has 2 nitrogen and oxygen atoms in total. The Kier molecular flexibility index (Phi) is 2.69. The highest BCUT2D eigenvalue weighted by Gasteiger charge is 2.09. The summed E-state index contributed by atoms with van der Waals surface area (Å²) in [4.78, 5) is 0. The van der Waals surface area contributed by atoms with E-state index < -0.39 is 0 Å². The summed E-state index contributed by atoms with van der Waals surface area (Å²) in [5.74, 6) is 2.37. The zero-order valence-corrected chi connectivity index (χ0v) is 7.37. The molecule has 0 N–H and O–H groups in total. The van der Waals surface area contributed by atoms with Gasteiger partial charge in [0, 0.05) is 12.5 Å². The van der Waals surface area contributed by atoms with Gasteiger partial charge in [-0.15, -0.1) is 0 Å². The Morgan fingerprint density at radius 3 is 2.64 bits per heavy atom. The minimum absolute atomic E-state index is 0.669. The molecule has 0 fully saturated rings. The number of hydrogen-bond acceptors (Lipinski definition) is 2. The lowest BCUT2D eigenvalue weighted by Gasteiger charge is -2.12. The minimum Gasteiger partial charge on any atom is -0.361 e. The van der Waals surface area contributed by atoms with Crippen LogP contribution in [0.4, 0.5) is 0 Å². The summed E-state index contributed by atoms with van der Waals surface area (Å²) in [5, 5.41) is 3.66. The van der Waals surface area contributed by atoms with Gasteiger partial charge in [0.15, 0.2) is 0 Å². The molecular weight excluding hydrogens is 138 g/mol. The molecule has 62 valence electrons. The fraction of sp³-hybridized carbons (Fsp3) is 0.667. The van der Waals surface area contributed by atoms with Crippen molar-refractivity contribution in [2.75, 3.05) is 0 Å². The zero-order valence-electron chi connectivity index (χ0n) is 7.37. The van der Waals surface area contributed by atoms with Crippen molar-refractivity contribution >= 4 is 0 Å². The van der Waals surface area contributed by atoms with E-state index in [1.54, 1.807) is 6.20 Å². The van der Waals surface area contributed by atoms with Crippen molar-refractivity contribution in [2.24, 2.45) is 11.8 Å². The highest BCUT2D eigenvalue weighted by atomic mass is 16.5. The molecule has 0 amide bonds. The molecule has 0 bridgehead atoms. The number of aromatic nitrogens is 1. The largest absolute Gasteiger partial charge is 0.361 e. The third kappa shape index (κ3) is 2.37. The summed E-state index contributed by atoms with van der Waals surface area (Å²) < 4.78 is 5.00. The monoisotopic (exact) mass is 153 g/mol. The van der Waals surface area contributed by atoms with Crippen LogP contribution in [0.25, 0.3) is 0 Å². The highest BCUT2D eigenvalue weighted by Crippen LogP contribution is 2.15. The molecule has 1 atom stereocenters. The second-order valence-electron chi connectivity index (χ2n) is 3.40. The Morgan fingerprint density at radius 1 is 1.45 bits per heavy atom. The Morgan fingerprint density at radius 2 is 2.18 bits per heavy atom. The molecule has 1 aromatic heterocycles. The maximum absolute atomic E-state index is 5.00. The van der Waals surface area contributed by atoms with Crippen molar-refractivity contribution in [2.45, 2.75) is 27.2 Å². The van der Waals surface area contributed by atoms with Crippen molar-refractivity contribution in [3.05, 3.63) is 18.0 Å². The molecule has 1 aromatic rings. The number of hydrogen-bond donors (Lipinski definition) is 0. The molecule has 0 radical (unpaired) electrons. The van der Waals surface area contributed by atoms with Crippen molar-refractivity contribution in [3.63, 3.8) is 0 Å². The molecule has 2 heteroatoms. The first kappa shape index (κ1) is 8.31. The molecule has 0 aliphatic carbocycles. The predicted octanol–water partition coefficient (Wildman–Crippen LogP) is 2.51. The van der Waals surface area contributed by atoms with Crippen molar-refractivity contribution < 1.29 is 4.52 Å². The van der Waals surface area contributed by atoms with Gasteiger partial charge in [0.25, 0.3) is 0 Å². The van der Waals surface area contributed by atoms with Gasteiger partial charge < -0.3 is 4.52 Å². The molecule has 0 saturated carbocycles. The van der Waals surface area contributed by atoms with Crippen LogP contribution in [0.3, 0.4) is 0 Å². The van der Waals surface area contributed by atoms with Crippen LogP contribution in [-0.4, -0.2) is 5.16 Å². The Hall–Kier alpha value is -0.790. The lowest BCUT2D eigenvalue weighted by Crippen LogP contribution is -2.06. The summed E-state index contributed by atoms with van der Waals surface area (Å²) >= 11 is 0. The van der Waals surface area contributed by atoms with Gasteiger partial charge in [0.05, 0.1) is 6.20 Å². The van der Waals surface area contributed by atoms with Gasteiger partial charge in [-0.1, -0.05) is 25.9 Å². The van der Waals surface area contributed by atoms with Gasteiger partial charge in [0.1, 0.15) is 5.76 Å². The Bertz CT molecular complexity index is 191. The average Bonchev–Trinajstić information content (AvgIpc) is 2.39. The molecule has 0 aromatic carbocycles. The van der Waals surface area contributed by atoms with Gasteiger partial charge in [-0.3, -0.25) is 0 Å². The van der Waals surface area contributed by atoms with E-state index in [2.05, 4.69) is 25.9 Å². The summed E-state index contributed by atoms with van der Waals surface area (Å²) in [6, 6.07) is 1.93. The topological polar surface area (TPSA) is 26.0 Å². The molecule has 0 aliphatic heterocycles. The van der Waals surface area contributed by atoms with E-state index in [0.717, 1.165) is 12.2 Å². The smallest absolute Gasteiger partial charge is 0.136 e. The first-order chi connectivity index (χ1) is 5.20. The Balaban J connectivity index is 2.43. The minimum atomic E-state index is 0.669. The maximum Gasteiger partial charge on any atom is 0.136 e. The fourth-order valence-corrected chi connectivity index (χ4v) is 0.900. The molecule has 11 heavy (non-hydrogen) atoms.